The summed E-state index contributed by atoms with van der Waals surface area (Å²) < 4.78 is 11.1. The molecule has 0 aliphatic heterocycles. The number of benzene rings is 1. The summed E-state index contributed by atoms with van der Waals surface area (Å²) in [5.74, 6) is 1.69. The Balaban J connectivity index is 2.62. The van der Waals surface area contributed by atoms with Crippen LogP contribution in [0.25, 0.3) is 0 Å². The van der Waals surface area contributed by atoms with Crippen LogP contribution in [0.4, 0.5) is 0 Å². The van der Waals surface area contributed by atoms with E-state index < -0.39 is 0 Å². The van der Waals surface area contributed by atoms with E-state index in [1.54, 1.807) is 7.11 Å². The number of ether oxygens (including phenoxy) is 2. The van der Waals surface area contributed by atoms with Gasteiger partial charge in [0.2, 0.25) is 0 Å². The normalized spacial score (nSPS) is 11.1. The molecule has 1 aromatic rings. The van der Waals surface area contributed by atoms with Gasteiger partial charge in [0.25, 0.3) is 0 Å². The van der Waals surface area contributed by atoms with Gasteiger partial charge < -0.3 is 14.8 Å². The molecule has 0 heterocycles. The van der Waals surface area contributed by atoms with Crippen LogP contribution in [0.15, 0.2) is 18.2 Å². The highest BCUT2D eigenvalue weighted by Gasteiger charge is 2.10. The Morgan fingerprint density at radius 3 is 2.60 bits per heavy atom. The quantitative estimate of drug-likeness (QED) is 0.664. The van der Waals surface area contributed by atoms with Crippen LogP contribution in [0.1, 0.15) is 37.8 Å². The first-order valence-electron chi connectivity index (χ1n) is 7.63. The van der Waals surface area contributed by atoms with Gasteiger partial charge in [0.1, 0.15) is 5.75 Å². The van der Waals surface area contributed by atoms with Crippen LogP contribution in [0, 0.1) is 12.8 Å². The molecule has 0 aliphatic rings. The molecule has 0 saturated carbocycles. The molecule has 0 saturated heterocycles. The summed E-state index contributed by atoms with van der Waals surface area (Å²) in [6, 6.07) is 6.34. The second-order valence-corrected chi connectivity index (χ2v) is 5.23. The molecule has 1 rings (SSSR count). The van der Waals surface area contributed by atoms with Gasteiger partial charge in [-0.2, -0.15) is 0 Å². The third kappa shape index (κ3) is 5.51. The Bertz CT molecular complexity index is 375. The van der Waals surface area contributed by atoms with Gasteiger partial charge in [-0.05, 0) is 18.4 Å². The predicted octanol–water partition coefficient (Wildman–Crippen LogP) is 3.55. The number of rotatable bonds is 10. The first-order chi connectivity index (χ1) is 9.72. The zero-order chi connectivity index (χ0) is 14.8. The fourth-order valence-electron chi connectivity index (χ4n) is 2.18. The van der Waals surface area contributed by atoms with Crippen molar-refractivity contribution in [1.82, 2.24) is 5.32 Å². The van der Waals surface area contributed by atoms with E-state index in [0.29, 0.717) is 5.92 Å². The van der Waals surface area contributed by atoms with Crippen LogP contribution in [-0.2, 0) is 11.3 Å². The Morgan fingerprint density at radius 1 is 1.20 bits per heavy atom. The molecule has 0 fully saturated rings. The molecule has 0 aromatic heterocycles. The number of para-hydroxylation sites is 1. The highest BCUT2D eigenvalue weighted by Crippen LogP contribution is 2.24. The molecule has 0 spiro atoms. The molecule has 1 N–H and O–H groups in total. The largest absolute Gasteiger partial charge is 0.493 e. The minimum absolute atomic E-state index is 0.643. The first-order valence-corrected chi connectivity index (χ1v) is 7.63. The van der Waals surface area contributed by atoms with Crippen molar-refractivity contribution >= 4 is 0 Å². The van der Waals surface area contributed by atoms with Crippen molar-refractivity contribution in [3.8, 4) is 5.75 Å². The molecule has 0 bridgehead atoms. The van der Waals surface area contributed by atoms with Crippen LogP contribution in [0.5, 0.6) is 5.75 Å². The molecule has 0 aliphatic carbocycles. The lowest BCUT2D eigenvalue weighted by Crippen LogP contribution is -2.20. The molecule has 0 unspecified atom stereocenters. The monoisotopic (exact) mass is 279 g/mol. The maximum absolute atomic E-state index is 6.10. The van der Waals surface area contributed by atoms with E-state index in [-0.39, 0.29) is 0 Å². The van der Waals surface area contributed by atoms with Crippen LogP contribution in [0.2, 0.25) is 0 Å². The molecule has 0 amide bonds. The van der Waals surface area contributed by atoms with Crippen LogP contribution < -0.4 is 10.1 Å². The van der Waals surface area contributed by atoms with E-state index in [9.17, 15) is 0 Å². The molecule has 0 atom stereocenters. The molecule has 1 aromatic carbocycles. The van der Waals surface area contributed by atoms with Crippen molar-refractivity contribution in [2.75, 3.05) is 26.9 Å². The van der Waals surface area contributed by atoms with Gasteiger partial charge in [0, 0.05) is 25.8 Å². The Morgan fingerprint density at radius 2 is 1.95 bits per heavy atom. The lowest BCUT2D eigenvalue weighted by atomic mass is 10.0. The van der Waals surface area contributed by atoms with Crippen molar-refractivity contribution in [1.29, 1.82) is 0 Å². The van der Waals surface area contributed by atoms with Crippen molar-refractivity contribution in [2.45, 2.75) is 40.2 Å². The lowest BCUT2D eigenvalue weighted by molar-refractivity contribution is 0.198. The fraction of sp³-hybridized carbons (Fsp3) is 0.647. The maximum Gasteiger partial charge on any atom is 0.126 e. The van der Waals surface area contributed by atoms with Crippen LogP contribution in [0.3, 0.4) is 0 Å². The van der Waals surface area contributed by atoms with E-state index in [0.717, 1.165) is 32.1 Å². The van der Waals surface area contributed by atoms with Crippen molar-refractivity contribution < 1.29 is 9.47 Å². The molecular weight excluding hydrogens is 250 g/mol. The molecular formula is C17H29NO2. The molecule has 3 heteroatoms. The third-order valence-electron chi connectivity index (χ3n) is 3.71. The molecule has 3 nitrogen and oxygen atoms in total. The predicted molar refractivity (Wildman–Crippen MR) is 84.3 cm³/mol. The first kappa shape index (κ1) is 17.0. The van der Waals surface area contributed by atoms with Gasteiger partial charge >= 0.3 is 0 Å². The number of aryl methyl sites for hydroxylation is 1. The average molecular weight is 279 g/mol. The van der Waals surface area contributed by atoms with Gasteiger partial charge in [-0.15, -0.1) is 0 Å². The molecule has 114 valence electrons. The Labute approximate surface area is 123 Å². The highest BCUT2D eigenvalue weighted by molar-refractivity contribution is 5.40. The van der Waals surface area contributed by atoms with Gasteiger partial charge in [0.05, 0.1) is 13.2 Å². The second kappa shape index (κ2) is 9.78. The van der Waals surface area contributed by atoms with E-state index in [1.165, 1.54) is 24.0 Å². The van der Waals surface area contributed by atoms with E-state index >= 15 is 0 Å². The van der Waals surface area contributed by atoms with Crippen LogP contribution in [-0.4, -0.2) is 26.9 Å². The van der Waals surface area contributed by atoms with E-state index in [1.807, 2.05) is 0 Å². The fourth-order valence-corrected chi connectivity index (χ4v) is 2.18. The smallest absolute Gasteiger partial charge is 0.126 e. The van der Waals surface area contributed by atoms with E-state index in [2.05, 4.69) is 44.3 Å². The van der Waals surface area contributed by atoms with Gasteiger partial charge in [-0.25, -0.2) is 0 Å². The maximum atomic E-state index is 6.10. The van der Waals surface area contributed by atoms with Crippen molar-refractivity contribution in [2.24, 2.45) is 5.92 Å². The van der Waals surface area contributed by atoms with E-state index in [4.69, 9.17) is 9.47 Å². The number of methoxy groups -OCH3 is 1. The topological polar surface area (TPSA) is 30.5 Å². The number of hydrogen-bond donors (Lipinski definition) is 1. The summed E-state index contributed by atoms with van der Waals surface area (Å²) in [5.41, 5.74) is 2.44. The van der Waals surface area contributed by atoms with Crippen molar-refractivity contribution in [3.05, 3.63) is 29.3 Å². The Hall–Kier alpha value is -1.06. The zero-order valence-corrected chi connectivity index (χ0v) is 13.4. The molecule has 20 heavy (non-hydrogen) atoms. The zero-order valence-electron chi connectivity index (χ0n) is 13.4. The third-order valence-corrected chi connectivity index (χ3v) is 3.71. The Kier molecular flexibility index (Phi) is 8.31. The minimum Gasteiger partial charge on any atom is -0.493 e. The second-order valence-electron chi connectivity index (χ2n) is 5.23. The summed E-state index contributed by atoms with van der Waals surface area (Å²) in [6.07, 6.45) is 2.34. The van der Waals surface area contributed by atoms with Crippen LogP contribution >= 0.6 is 0 Å². The summed E-state index contributed by atoms with van der Waals surface area (Å²) in [5, 5.41) is 3.38. The van der Waals surface area contributed by atoms with Gasteiger partial charge in [-0.3, -0.25) is 0 Å². The lowest BCUT2D eigenvalue weighted by Gasteiger charge is -2.18. The molecule has 0 radical (unpaired) electrons. The van der Waals surface area contributed by atoms with Crippen molar-refractivity contribution in [3.63, 3.8) is 0 Å². The average Bonchev–Trinajstić information content (AvgIpc) is 2.46. The minimum atomic E-state index is 0.643. The SMILES string of the molecule is CCC(CC)COc1c(C)cccc1CNCCOC. The van der Waals surface area contributed by atoms with Gasteiger partial charge in [0.15, 0.2) is 0 Å². The summed E-state index contributed by atoms with van der Waals surface area (Å²) in [6.45, 7) is 9.78. The van der Waals surface area contributed by atoms with Gasteiger partial charge in [-0.1, -0.05) is 44.9 Å². The number of nitrogens with one attached hydrogen (secondary N) is 1. The summed E-state index contributed by atoms with van der Waals surface area (Å²) in [4.78, 5) is 0. The number of hydrogen-bond acceptors (Lipinski definition) is 3. The summed E-state index contributed by atoms with van der Waals surface area (Å²) >= 11 is 0. The summed E-state index contributed by atoms with van der Waals surface area (Å²) in [7, 11) is 1.72. The highest BCUT2D eigenvalue weighted by atomic mass is 16.5. The standard InChI is InChI=1S/C17H29NO2/c1-5-15(6-2)13-20-17-14(3)8-7-9-16(17)12-18-10-11-19-4/h7-9,15,18H,5-6,10-13H2,1-4H3.